The smallest absolute Gasteiger partial charge is 0.276 e. The van der Waals surface area contributed by atoms with Crippen LogP contribution >= 0.6 is 0 Å². The van der Waals surface area contributed by atoms with Crippen molar-refractivity contribution in [2.75, 3.05) is 0 Å². The lowest BCUT2D eigenvalue weighted by Crippen LogP contribution is -2.32. The maximum Gasteiger partial charge on any atom is 0.276 e. The van der Waals surface area contributed by atoms with Gasteiger partial charge in [-0.15, -0.1) is 0 Å². The van der Waals surface area contributed by atoms with E-state index in [-0.39, 0.29) is 138 Å². The van der Waals surface area contributed by atoms with Crippen molar-refractivity contribution in [3.05, 3.63) is 227 Å². The zero-order valence-electron chi connectivity index (χ0n) is 55.8. The Labute approximate surface area is 613 Å². The SMILES string of the molecule is O=c1c2c(c1=O)Oc1ccc3c(c1)-c1nc-3nc3[nH]c4nc5nc6nc7[nH]c(n1)c1ccc(cc71)Oc1c(c(=O)c1=O)Oc1ccc7c8nc9nc(nc%10[nH]c(nc%11nc(nc([nH]8)c7c1)-c1ccc(cc1-%11)Oc1c(c(=O)c1=O)Oc1ccc-6c-5c1)c1ccc(cc%101)Oc1c(c(=O)c1=O)Oc1ccc4c3c1)-c1ccc(cc1-9)O2. The molecule has 0 atom stereocenters. The van der Waals surface area contributed by atoms with Crippen molar-refractivity contribution in [3.63, 3.8) is 0 Å². The van der Waals surface area contributed by atoms with Crippen molar-refractivity contribution in [2.24, 2.45) is 0 Å². The van der Waals surface area contributed by atoms with Gasteiger partial charge in [0, 0.05) is 87.6 Å². The fraction of sp³-hybridized carbons (Fsp3) is 0. The molecular weight excluding hydrogens is 1440 g/mol. The average molecular weight is 1470 g/mol. The van der Waals surface area contributed by atoms with Crippen LogP contribution in [0.5, 0.6) is 92.0 Å². The van der Waals surface area contributed by atoms with Crippen LogP contribution in [0.3, 0.4) is 0 Å². The van der Waals surface area contributed by atoms with Crippen LogP contribution in [0.1, 0.15) is 0 Å². The van der Waals surface area contributed by atoms with Gasteiger partial charge < -0.3 is 57.8 Å². The quantitative estimate of drug-likeness (QED) is 0.102. The van der Waals surface area contributed by atoms with Crippen molar-refractivity contribution < 1.29 is 37.9 Å². The van der Waals surface area contributed by atoms with Gasteiger partial charge in [-0.25, -0.2) is 59.8 Å². The van der Waals surface area contributed by atoms with Gasteiger partial charge in [0.2, 0.25) is 46.0 Å². The molecule has 0 saturated carbocycles. The van der Waals surface area contributed by atoms with E-state index >= 15 is 0 Å². The van der Waals surface area contributed by atoms with E-state index in [1.807, 2.05) is 0 Å². The predicted octanol–water partition coefficient (Wildman–Crippen LogP) is 11.7. The fourth-order valence-electron chi connectivity index (χ4n) is 15.0. The van der Waals surface area contributed by atoms with Crippen molar-refractivity contribution in [1.82, 2.24) is 79.7 Å². The molecule has 0 spiro atoms. The molecule has 0 unspecified atom stereocenters. The van der Waals surface area contributed by atoms with Crippen molar-refractivity contribution in [1.29, 1.82) is 0 Å². The highest BCUT2D eigenvalue weighted by Crippen LogP contribution is 2.48. The fourth-order valence-corrected chi connectivity index (χ4v) is 15.0. The lowest BCUT2D eigenvalue weighted by molar-refractivity contribution is 0.401. The van der Waals surface area contributed by atoms with Crippen LogP contribution < -0.4 is 81.3 Å². The zero-order valence-corrected chi connectivity index (χ0v) is 55.8. The minimum Gasteiger partial charge on any atom is -0.449 e. The van der Waals surface area contributed by atoms with Crippen molar-refractivity contribution in [3.8, 4) is 183 Å². The summed E-state index contributed by atoms with van der Waals surface area (Å²) in [6, 6.07) is 37.8. The van der Waals surface area contributed by atoms with Crippen LogP contribution in [0.2, 0.25) is 0 Å². The molecule has 0 radical (unpaired) electrons. The number of aromatic nitrogens is 16. The molecule has 16 aliphatic rings. The second kappa shape index (κ2) is 20.6. The molecular formula is C80H28N16O16. The lowest BCUT2D eigenvalue weighted by Gasteiger charge is -2.14. The summed E-state index contributed by atoms with van der Waals surface area (Å²) in [7, 11) is 0. The Morgan fingerprint density at radius 1 is 0.170 bits per heavy atom. The molecule has 6 aromatic heterocycles. The summed E-state index contributed by atoms with van der Waals surface area (Å²) in [5, 5.41) is 2.87. The average Bonchev–Trinajstić information content (AvgIpc) is 1.69. The molecule has 112 heavy (non-hydrogen) atoms. The van der Waals surface area contributed by atoms with Crippen molar-refractivity contribution in [2.45, 2.75) is 0 Å². The maximum atomic E-state index is 13.9. The first-order chi connectivity index (χ1) is 54.6. The summed E-state index contributed by atoms with van der Waals surface area (Å²) in [4.78, 5) is 187. The van der Waals surface area contributed by atoms with E-state index in [9.17, 15) is 38.4 Å². The highest BCUT2D eigenvalue weighted by Gasteiger charge is 2.35. The first kappa shape index (κ1) is 59.5. The van der Waals surface area contributed by atoms with Crippen LogP contribution in [-0.4, -0.2) is 79.7 Å². The summed E-state index contributed by atoms with van der Waals surface area (Å²) in [5.41, 5.74) is -4.23. The number of nitrogens with one attached hydrogen (secondary N) is 4. The number of aromatic amines is 4. The van der Waals surface area contributed by atoms with Gasteiger partial charge in [-0.3, -0.25) is 38.4 Å². The van der Waals surface area contributed by atoms with E-state index < -0.39 is 89.4 Å². The van der Waals surface area contributed by atoms with Gasteiger partial charge in [-0.05, 0) is 146 Å². The second-order valence-corrected chi connectivity index (χ2v) is 27.0. The van der Waals surface area contributed by atoms with Gasteiger partial charge in [0.15, 0.2) is 46.6 Å². The van der Waals surface area contributed by atoms with Gasteiger partial charge >= 0.3 is 0 Å². The molecule has 12 aromatic carbocycles. The monoisotopic (exact) mass is 1470 g/mol. The molecule has 18 aromatic rings. The Morgan fingerprint density at radius 3 is 0.527 bits per heavy atom. The van der Waals surface area contributed by atoms with Crippen LogP contribution in [0.25, 0.3) is 179 Å². The normalized spacial score (nSPS) is 13.1. The van der Waals surface area contributed by atoms with Gasteiger partial charge in [0.1, 0.15) is 91.2 Å². The summed E-state index contributed by atoms with van der Waals surface area (Å²) >= 11 is 0. The number of ether oxygens (including phenoxy) is 8. The summed E-state index contributed by atoms with van der Waals surface area (Å²) in [5.74, 6) is -2.81. The lowest BCUT2D eigenvalue weighted by atomic mass is 10.1. The molecule has 0 aliphatic carbocycles. The molecule has 34 rings (SSSR count). The van der Waals surface area contributed by atoms with Crippen LogP contribution in [-0.2, 0) is 0 Å². The highest BCUT2D eigenvalue weighted by molar-refractivity contribution is 6.10. The number of hydrogen-bond donors (Lipinski definition) is 4. The summed E-state index contributed by atoms with van der Waals surface area (Å²) in [6.45, 7) is 0. The third-order valence-corrected chi connectivity index (χ3v) is 20.5. The molecule has 22 heterocycles. The molecule has 0 fully saturated rings. The van der Waals surface area contributed by atoms with Crippen molar-refractivity contribution >= 4 is 88.3 Å². The minimum absolute atomic E-state index is 0.0211. The highest BCUT2D eigenvalue weighted by atomic mass is 16.5. The molecule has 524 valence electrons. The van der Waals surface area contributed by atoms with E-state index in [1.165, 1.54) is 24.3 Å². The minimum atomic E-state index is -0.987. The molecule has 16 aliphatic heterocycles. The first-order valence-electron chi connectivity index (χ1n) is 34.2. The second-order valence-electron chi connectivity index (χ2n) is 27.0. The molecule has 40 bridgehead atoms. The predicted molar refractivity (Wildman–Crippen MR) is 398 cm³/mol. The molecule has 4 N–H and O–H groups in total. The van der Waals surface area contributed by atoms with E-state index in [2.05, 4.69) is 19.9 Å². The van der Waals surface area contributed by atoms with Gasteiger partial charge in [0.25, 0.3) is 43.4 Å². The largest absolute Gasteiger partial charge is 0.449 e. The number of benzene rings is 8. The number of hydrogen-bond acceptors (Lipinski definition) is 28. The maximum absolute atomic E-state index is 13.9. The van der Waals surface area contributed by atoms with E-state index in [4.69, 9.17) is 97.7 Å². The van der Waals surface area contributed by atoms with Crippen LogP contribution in [0, 0.1) is 0 Å². The van der Waals surface area contributed by atoms with Crippen LogP contribution in [0.15, 0.2) is 184 Å². The molecule has 0 amide bonds. The van der Waals surface area contributed by atoms with E-state index in [0.717, 1.165) is 0 Å². The first-order valence-corrected chi connectivity index (χ1v) is 34.2. The molecule has 0 saturated heterocycles. The topological polar surface area (TPSA) is 428 Å². The number of rotatable bonds is 0. The van der Waals surface area contributed by atoms with Crippen LogP contribution in [0.4, 0.5) is 0 Å². The standard InChI is InChI=1S/C80H28N16O16/c97-49-50(98)58-57(49)105-25-1-9-33-41(17-25)73-81-65(33)89-74-42-19-27-3-11-34(42)67(82-74)91-77-45-21-29-5-13-37(45)69(85-77)92-75-44-20-28(4-12-35(44)66(83-75)90-73)108-61-53(101)54(102)62(61)111-31-6-14-38-46(23-31)79-86-70(38)93-76-43-18-26(106-58)2-10-36(43)68(84-76)94-78-47-22-30(109-60-52(100)51(99)59(60)107-27)7-15-39(47)71(87-78)96-80-48-24-32(8-16-40(48)72(88-80)95-79)112-64-56(104)55(103)63(64)110-29/h1-24H,(H2,81,82,83,85,89,90,91,92)(H2,84,86,87,88,93,94,95,96). The number of nitrogens with zero attached hydrogens (tertiary/aromatic N) is 12. The number of H-pyrrole nitrogens is 4. The Morgan fingerprint density at radius 2 is 0.330 bits per heavy atom. The summed E-state index contributed by atoms with van der Waals surface area (Å²) in [6.07, 6.45) is 0. The summed E-state index contributed by atoms with van der Waals surface area (Å²) < 4.78 is 51.2. The van der Waals surface area contributed by atoms with Gasteiger partial charge in [-0.1, -0.05) is 0 Å². The Kier molecular flexibility index (Phi) is 10.9. The van der Waals surface area contributed by atoms with Gasteiger partial charge in [-0.2, -0.15) is 0 Å². The Bertz CT molecular complexity index is 7440. The van der Waals surface area contributed by atoms with Gasteiger partial charge in [0.05, 0.1) is 0 Å². The zero-order chi connectivity index (χ0) is 74.3. The van der Waals surface area contributed by atoms with E-state index in [0.29, 0.717) is 87.6 Å². The Balaban J connectivity index is 0.851. The Hall–Kier alpha value is -16.8. The molecule has 32 heteroatoms. The van der Waals surface area contributed by atoms with E-state index in [1.54, 1.807) is 121 Å². The molecule has 32 nitrogen and oxygen atoms in total. The third kappa shape index (κ3) is 8.18. The third-order valence-electron chi connectivity index (χ3n) is 20.5.